The Kier molecular flexibility index (Phi) is 5.51. The van der Waals surface area contributed by atoms with Crippen molar-refractivity contribution in [1.82, 2.24) is 4.57 Å². The molecular formula is C49H33N. The lowest BCUT2D eigenvalue weighted by Crippen LogP contribution is -2.14. The Hall–Kier alpha value is -6.18. The topological polar surface area (TPSA) is 4.93 Å². The van der Waals surface area contributed by atoms with Crippen LogP contribution in [-0.2, 0) is 5.41 Å². The first kappa shape index (κ1) is 27.7. The first-order chi connectivity index (χ1) is 24.6. The summed E-state index contributed by atoms with van der Waals surface area (Å²) in [6.45, 7) is 4.69. The number of rotatable bonds is 3. The van der Waals surface area contributed by atoms with E-state index < -0.39 is 0 Å². The van der Waals surface area contributed by atoms with Gasteiger partial charge in [-0.05, 0) is 120 Å². The van der Waals surface area contributed by atoms with Gasteiger partial charge in [0.2, 0.25) is 0 Å². The van der Waals surface area contributed by atoms with Crippen molar-refractivity contribution in [2.75, 3.05) is 0 Å². The fraction of sp³-hybridized carbons (Fsp3) is 0.0612. The zero-order valence-electron chi connectivity index (χ0n) is 28.0. The van der Waals surface area contributed by atoms with E-state index in [-0.39, 0.29) is 5.41 Å². The first-order valence-corrected chi connectivity index (χ1v) is 17.6. The van der Waals surface area contributed by atoms with Crippen molar-refractivity contribution in [3.63, 3.8) is 0 Å². The summed E-state index contributed by atoms with van der Waals surface area (Å²) in [6, 6.07) is 61.1. The van der Waals surface area contributed by atoms with E-state index in [4.69, 9.17) is 0 Å². The predicted octanol–water partition coefficient (Wildman–Crippen LogP) is 13.2. The second kappa shape index (κ2) is 9.94. The minimum absolute atomic E-state index is 0.0148. The van der Waals surface area contributed by atoms with Crippen molar-refractivity contribution in [3.8, 4) is 61.3 Å². The van der Waals surface area contributed by atoms with Crippen molar-refractivity contribution in [2.45, 2.75) is 19.3 Å². The average molecular weight is 636 g/mol. The van der Waals surface area contributed by atoms with Gasteiger partial charge in [0.25, 0.3) is 0 Å². The van der Waals surface area contributed by atoms with E-state index in [0.717, 1.165) is 0 Å². The number of nitrogens with zero attached hydrogens (tertiary/aromatic N) is 1. The predicted molar refractivity (Wildman–Crippen MR) is 211 cm³/mol. The highest BCUT2D eigenvalue weighted by Gasteiger charge is 2.35. The Morgan fingerprint density at radius 1 is 0.360 bits per heavy atom. The van der Waals surface area contributed by atoms with Crippen molar-refractivity contribution >= 4 is 32.6 Å². The number of hydrogen-bond acceptors (Lipinski definition) is 0. The van der Waals surface area contributed by atoms with E-state index in [9.17, 15) is 0 Å². The number of aromatic nitrogens is 1. The Balaban J connectivity index is 1.05. The van der Waals surface area contributed by atoms with Crippen LogP contribution in [0.25, 0.3) is 93.9 Å². The number of benzene rings is 8. The van der Waals surface area contributed by atoms with Gasteiger partial charge in [0.1, 0.15) is 0 Å². The summed E-state index contributed by atoms with van der Waals surface area (Å²) in [5.74, 6) is 0. The monoisotopic (exact) mass is 635 g/mol. The molecule has 8 aromatic carbocycles. The SMILES string of the molecule is CC1(C)c2ccccc2-c2cc(-c3ccc4c(c3)-c3cccc5c(-c6ccc7c(c6)c6ccccc6n7-c6ccccc6)ccc-4c35)ccc21. The third kappa shape index (κ3) is 3.67. The van der Waals surface area contributed by atoms with Crippen LogP contribution in [0.15, 0.2) is 164 Å². The van der Waals surface area contributed by atoms with Crippen LogP contribution in [0.1, 0.15) is 25.0 Å². The van der Waals surface area contributed by atoms with E-state index in [2.05, 4.69) is 182 Å². The fourth-order valence-corrected chi connectivity index (χ4v) is 9.18. The Morgan fingerprint density at radius 2 is 0.980 bits per heavy atom. The van der Waals surface area contributed by atoms with E-state index in [1.54, 1.807) is 0 Å². The molecule has 0 amide bonds. The molecule has 0 atom stereocenters. The molecule has 9 aromatic rings. The second-order valence-electron chi connectivity index (χ2n) is 14.5. The summed E-state index contributed by atoms with van der Waals surface area (Å²) in [5.41, 5.74) is 19.6. The largest absolute Gasteiger partial charge is 0.309 e. The van der Waals surface area contributed by atoms with Crippen molar-refractivity contribution < 1.29 is 0 Å². The number of fused-ring (bicyclic) bond motifs is 9. The van der Waals surface area contributed by atoms with E-state index >= 15 is 0 Å². The number of para-hydroxylation sites is 2. The normalized spacial score (nSPS) is 13.6. The zero-order valence-corrected chi connectivity index (χ0v) is 28.0. The van der Waals surface area contributed by atoms with Gasteiger partial charge in [-0.15, -0.1) is 0 Å². The Labute approximate surface area is 291 Å². The third-order valence-electron chi connectivity index (χ3n) is 11.6. The van der Waals surface area contributed by atoms with Gasteiger partial charge in [0.15, 0.2) is 0 Å². The van der Waals surface area contributed by atoms with Gasteiger partial charge in [-0.2, -0.15) is 0 Å². The molecule has 0 bridgehead atoms. The highest BCUT2D eigenvalue weighted by Crippen LogP contribution is 2.52. The molecule has 50 heavy (non-hydrogen) atoms. The van der Waals surface area contributed by atoms with Crippen LogP contribution < -0.4 is 0 Å². The van der Waals surface area contributed by atoms with Gasteiger partial charge in [-0.25, -0.2) is 0 Å². The lowest BCUT2D eigenvalue weighted by Gasteiger charge is -2.21. The molecule has 1 heteroatoms. The minimum atomic E-state index is 0.0148. The van der Waals surface area contributed by atoms with Gasteiger partial charge >= 0.3 is 0 Å². The number of hydrogen-bond donors (Lipinski definition) is 0. The summed E-state index contributed by atoms with van der Waals surface area (Å²) < 4.78 is 2.39. The van der Waals surface area contributed by atoms with Crippen LogP contribution in [0.2, 0.25) is 0 Å². The summed E-state index contributed by atoms with van der Waals surface area (Å²) in [6.07, 6.45) is 0. The van der Waals surface area contributed by atoms with Crippen LogP contribution in [0, 0.1) is 0 Å². The smallest absolute Gasteiger partial charge is 0.0541 e. The molecule has 0 fully saturated rings. The summed E-state index contributed by atoms with van der Waals surface area (Å²) in [5, 5.41) is 5.21. The highest BCUT2D eigenvalue weighted by molar-refractivity contribution is 6.20. The molecule has 1 aromatic heterocycles. The Bertz CT molecular complexity index is 2880. The van der Waals surface area contributed by atoms with Gasteiger partial charge in [0.05, 0.1) is 11.0 Å². The van der Waals surface area contributed by atoms with E-state index in [1.807, 2.05) is 0 Å². The summed E-state index contributed by atoms with van der Waals surface area (Å²) in [7, 11) is 0. The van der Waals surface area contributed by atoms with Crippen LogP contribution in [0.4, 0.5) is 0 Å². The van der Waals surface area contributed by atoms with E-state index in [0.29, 0.717) is 0 Å². The highest BCUT2D eigenvalue weighted by atomic mass is 15.0. The second-order valence-corrected chi connectivity index (χ2v) is 14.5. The summed E-state index contributed by atoms with van der Waals surface area (Å²) >= 11 is 0. The maximum absolute atomic E-state index is 2.42. The fourth-order valence-electron chi connectivity index (χ4n) is 9.18. The molecule has 0 unspecified atom stereocenters. The lowest BCUT2D eigenvalue weighted by molar-refractivity contribution is 0.660. The maximum atomic E-state index is 2.42. The zero-order chi connectivity index (χ0) is 33.1. The van der Waals surface area contributed by atoms with Gasteiger partial charge < -0.3 is 4.57 Å². The van der Waals surface area contributed by atoms with Crippen molar-refractivity contribution in [3.05, 3.63) is 175 Å². The minimum Gasteiger partial charge on any atom is -0.309 e. The van der Waals surface area contributed by atoms with Crippen molar-refractivity contribution in [2.24, 2.45) is 0 Å². The molecule has 1 nitrogen and oxygen atoms in total. The molecule has 11 rings (SSSR count). The lowest BCUT2D eigenvalue weighted by atomic mass is 9.82. The maximum Gasteiger partial charge on any atom is 0.0541 e. The van der Waals surface area contributed by atoms with Gasteiger partial charge in [-0.3, -0.25) is 0 Å². The first-order valence-electron chi connectivity index (χ1n) is 17.6. The molecule has 1 heterocycles. The molecule has 0 N–H and O–H groups in total. The molecular weight excluding hydrogens is 603 g/mol. The molecule has 234 valence electrons. The van der Waals surface area contributed by atoms with Gasteiger partial charge in [-0.1, -0.05) is 135 Å². The van der Waals surface area contributed by atoms with Gasteiger partial charge in [0, 0.05) is 21.9 Å². The third-order valence-corrected chi connectivity index (χ3v) is 11.6. The molecule has 2 aliphatic rings. The molecule has 0 saturated carbocycles. The van der Waals surface area contributed by atoms with Crippen LogP contribution in [-0.4, -0.2) is 4.57 Å². The quantitative estimate of drug-likeness (QED) is 0.182. The van der Waals surface area contributed by atoms with Crippen LogP contribution >= 0.6 is 0 Å². The van der Waals surface area contributed by atoms with E-state index in [1.165, 1.54) is 105 Å². The van der Waals surface area contributed by atoms with Crippen LogP contribution in [0.5, 0.6) is 0 Å². The summed E-state index contributed by atoms with van der Waals surface area (Å²) in [4.78, 5) is 0. The molecule has 0 saturated heterocycles. The van der Waals surface area contributed by atoms with Crippen LogP contribution in [0.3, 0.4) is 0 Å². The van der Waals surface area contributed by atoms with Crippen molar-refractivity contribution in [1.29, 1.82) is 0 Å². The molecule has 2 aliphatic carbocycles. The Morgan fingerprint density at radius 3 is 1.88 bits per heavy atom. The average Bonchev–Trinajstić information content (AvgIpc) is 3.76. The molecule has 0 radical (unpaired) electrons. The molecule has 0 spiro atoms. The molecule has 0 aliphatic heterocycles. The standard InChI is InChI=1S/C49H33N/c1-49(2)44-17-8-6-13-36(44)42-28-31(20-25-45(42)49)30-19-22-35-40-24-23-34(38-15-10-16-39(48(38)40)41(35)27-30)32-21-26-47-43(29-32)37-14-7-9-18-46(37)50(47)33-11-4-3-5-12-33/h3-29H,1-2H3.